The molecule has 1 heterocycles. The first kappa shape index (κ1) is 21.7. The number of fused-ring (bicyclic) bond motifs is 1. The maximum absolute atomic E-state index is 13.0. The van der Waals surface area contributed by atoms with E-state index in [0.29, 0.717) is 4.91 Å². The van der Waals surface area contributed by atoms with Crippen LogP contribution in [0.25, 0.3) is 6.08 Å². The van der Waals surface area contributed by atoms with Crippen LogP contribution < -0.4 is 0 Å². The summed E-state index contributed by atoms with van der Waals surface area (Å²) >= 11 is 6.44. The predicted octanol–water partition coefficient (Wildman–Crippen LogP) is 3.64. The Kier molecular flexibility index (Phi) is 6.58. The number of methoxy groups -OCH3 is 2. The lowest BCUT2D eigenvalue weighted by molar-refractivity contribution is -0.146. The zero-order valence-corrected chi connectivity index (χ0v) is 18.3. The lowest BCUT2D eigenvalue weighted by Gasteiger charge is -2.31. The Morgan fingerprint density at radius 2 is 1.90 bits per heavy atom. The van der Waals surface area contributed by atoms with E-state index in [1.807, 2.05) is 30.3 Å². The van der Waals surface area contributed by atoms with Gasteiger partial charge in [-0.2, -0.15) is 0 Å². The maximum atomic E-state index is 13.0. The third-order valence-corrected chi connectivity index (χ3v) is 6.35. The molecule has 3 unspecified atom stereocenters. The van der Waals surface area contributed by atoms with Crippen molar-refractivity contribution in [2.45, 2.75) is 32.1 Å². The normalized spacial score (nSPS) is 24.1. The highest BCUT2D eigenvalue weighted by Gasteiger charge is 2.42. The molecule has 8 heteroatoms. The minimum absolute atomic E-state index is 0.247. The number of amides is 1. The lowest BCUT2D eigenvalue weighted by atomic mass is 9.87. The molecule has 0 aromatic heterocycles. The number of carbonyl (C=O) groups is 2. The molecule has 3 atom stereocenters. The molecular formula is C21H23NO5S2. The molecule has 0 spiro atoms. The van der Waals surface area contributed by atoms with E-state index in [-0.39, 0.29) is 16.3 Å². The Morgan fingerprint density at radius 3 is 2.48 bits per heavy atom. The molecule has 3 rings (SSSR count). The monoisotopic (exact) mass is 433 g/mol. The van der Waals surface area contributed by atoms with Crippen LogP contribution in [0.5, 0.6) is 0 Å². The van der Waals surface area contributed by atoms with Crippen molar-refractivity contribution in [1.29, 1.82) is 0 Å². The van der Waals surface area contributed by atoms with Crippen molar-refractivity contribution in [3.63, 3.8) is 0 Å². The molecule has 1 amide bonds. The Bertz CT molecular complexity index is 908. The van der Waals surface area contributed by atoms with Gasteiger partial charge in [-0.15, -0.1) is 0 Å². The van der Waals surface area contributed by atoms with Crippen LogP contribution in [0, 0.1) is 5.92 Å². The van der Waals surface area contributed by atoms with Gasteiger partial charge in [0.05, 0.1) is 4.91 Å². The number of carboxylic acid groups (broad SMARTS) is 1. The molecular weight excluding hydrogens is 410 g/mol. The number of nitrogens with zero attached hydrogens (tertiary/aromatic N) is 1. The summed E-state index contributed by atoms with van der Waals surface area (Å²) < 4.78 is 11.6. The minimum Gasteiger partial charge on any atom is -0.480 e. The Hall–Kier alpha value is -2.00. The highest BCUT2D eigenvalue weighted by molar-refractivity contribution is 8.26. The maximum Gasteiger partial charge on any atom is 0.327 e. The first-order valence-electron chi connectivity index (χ1n) is 9.16. The number of hydrogen-bond donors (Lipinski definition) is 1. The summed E-state index contributed by atoms with van der Waals surface area (Å²) in [7, 11) is 3.21. The average Bonchev–Trinajstić information content (AvgIpc) is 2.94. The second kappa shape index (κ2) is 8.79. The average molecular weight is 434 g/mol. The number of hydrogen-bond acceptors (Lipinski definition) is 6. The molecule has 154 valence electrons. The van der Waals surface area contributed by atoms with Gasteiger partial charge >= 0.3 is 5.97 Å². The van der Waals surface area contributed by atoms with Gasteiger partial charge in [0.15, 0.2) is 0 Å². The molecule has 0 saturated carbocycles. The van der Waals surface area contributed by atoms with Crippen molar-refractivity contribution < 1.29 is 24.2 Å². The third-order valence-electron chi connectivity index (χ3n) is 5.02. The SMILES string of the molecule is COC1C(C=C2SC(=S)N(C(C(=O)O)C(C)C)C2=O)=Cc2ccccc2C1OC. The van der Waals surface area contributed by atoms with E-state index >= 15 is 0 Å². The molecule has 2 aliphatic rings. The Balaban J connectivity index is 2.01. The second-order valence-corrected chi connectivity index (χ2v) is 8.84. The van der Waals surface area contributed by atoms with Gasteiger partial charge in [-0.3, -0.25) is 9.69 Å². The van der Waals surface area contributed by atoms with Crippen LogP contribution in [0.1, 0.15) is 31.1 Å². The molecule has 1 saturated heterocycles. The number of thioether (sulfide) groups is 1. The molecule has 6 nitrogen and oxygen atoms in total. The molecule has 1 aromatic carbocycles. The molecule has 1 N–H and O–H groups in total. The Labute approximate surface area is 179 Å². The van der Waals surface area contributed by atoms with Crippen LogP contribution in [0.2, 0.25) is 0 Å². The number of thiocarbonyl (C=S) groups is 1. The van der Waals surface area contributed by atoms with Crippen molar-refractivity contribution in [3.8, 4) is 0 Å². The summed E-state index contributed by atoms with van der Waals surface area (Å²) in [5.74, 6) is -1.75. The van der Waals surface area contributed by atoms with Crippen LogP contribution in [0.4, 0.5) is 0 Å². The van der Waals surface area contributed by atoms with Gasteiger partial charge in [0.2, 0.25) is 0 Å². The first-order chi connectivity index (χ1) is 13.8. The summed E-state index contributed by atoms with van der Waals surface area (Å²) in [6.45, 7) is 3.51. The van der Waals surface area contributed by atoms with E-state index in [2.05, 4.69) is 0 Å². The summed E-state index contributed by atoms with van der Waals surface area (Å²) in [5.41, 5.74) is 2.77. The van der Waals surface area contributed by atoms with E-state index in [1.165, 1.54) is 4.90 Å². The fraction of sp³-hybridized carbons (Fsp3) is 0.381. The van der Waals surface area contributed by atoms with Gasteiger partial charge in [0, 0.05) is 14.2 Å². The number of carbonyl (C=O) groups excluding carboxylic acids is 1. The Morgan fingerprint density at radius 1 is 1.24 bits per heavy atom. The number of ether oxygens (including phenoxy) is 2. The van der Waals surface area contributed by atoms with Crippen molar-refractivity contribution in [2.75, 3.05) is 14.2 Å². The molecule has 1 aliphatic heterocycles. The van der Waals surface area contributed by atoms with E-state index in [4.69, 9.17) is 21.7 Å². The van der Waals surface area contributed by atoms with Gasteiger partial charge in [-0.05, 0) is 34.8 Å². The minimum atomic E-state index is -1.07. The fourth-order valence-corrected chi connectivity index (χ4v) is 5.03. The predicted molar refractivity (Wildman–Crippen MR) is 116 cm³/mol. The summed E-state index contributed by atoms with van der Waals surface area (Å²) in [6, 6.07) is 6.85. The third kappa shape index (κ3) is 4.02. The topological polar surface area (TPSA) is 76.1 Å². The summed E-state index contributed by atoms with van der Waals surface area (Å²) in [5, 5.41) is 9.57. The summed E-state index contributed by atoms with van der Waals surface area (Å²) in [6.07, 6.45) is 2.97. The highest BCUT2D eigenvalue weighted by Crippen LogP contribution is 2.40. The zero-order valence-electron chi connectivity index (χ0n) is 16.6. The van der Waals surface area contributed by atoms with Gasteiger partial charge in [0.25, 0.3) is 5.91 Å². The van der Waals surface area contributed by atoms with Crippen molar-refractivity contribution in [1.82, 2.24) is 4.90 Å². The van der Waals surface area contributed by atoms with Crippen LogP contribution in [0.3, 0.4) is 0 Å². The molecule has 0 bridgehead atoms. The smallest absolute Gasteiger partial charge is 0.327 e. The quantitative estimate of drug-likeness (QED) is 0.542. The largest absolute Gasteiger partial charge is 0.480 e. The van der Waals surface area contributed by atoms with Gasteiger partial charge in [0.1, 0.15) is 22.6 Å². The van der Waals surface area contributed by atoms with Crippen molar-refractivity contribution in [2.24, 2.45) is 5.92 Å². The summed E-state index contributed by atoms with van der Waals surface area (Å²) in [4.78, 5) is 26.3. The highest BCUT2D eigenvalue weighted by atomic mass is 32.2. The molecule has 29 heavy (non-hydrogen) atoms. The first-order valence-corrected chi connectivity index (χ1v) is 10.4. The number of rotatable bonds is 6. The standard InChI is InChI=1S/C21H23NO5S2/c1-11(2)16(20(24)25)22-19(23)15(29-21(22)28)10-13-9-12-7-5-6-8-14(12)18(27-4)17(13)26-3/h5-11,16-18H,1-4H3,(H,24,25). The van der Waals surface area contributed by atoms with Crippen LogP contribution in [-0.4, -0.2) is 52.6 Å². The van der Waals surface area contributed by atoms with Crippen molar-refractivity contribution >= 4 is 46.3 Å². The van der Waals surface area contributed by atoms with Crippen LogP contribution in [0.15, 0.2) is 40.8 Å². The van der Waals surface area contributed by atoms with Crippen LogP contribution in [-0.2, 0) is 19.1 Å². The number of benzene rings is 1. The molecule has 1 aromatic rings. The fourth-order valence-electron chi connectivity index (χ4n) is 3.70. The van der Waals surface area contributed by atoms with Crippen LogP contribution >= 0.6 is 24.0 Å². The van der Waals surface area contributed by atoms with E-state index in [1.54, 1.807) is 34.1 Å². The van der Waals surface area contributed by atoms with Gasteiger partial charge in [-0.25, -0.2) is 4.79 Å². The van der Waals surface area contributed by atoms with Gasteiger partial charge in [-0.1, -0.05) is 62.1 Å². The van der Waals surface area contributed by atoms with E-state index in [0.717, 1.165) is 28.5 Å². The second-order valence-electron chi connectivity index (χ2n) is 7.16. The molecule has 0 radical (unpaired) electrons. The molecule has 1 fully saturated rings. The van der Waals surface area contributed by atoms with E-state index in [9.17, 15) is 14.7 Å². The number of aliphatic carboxylic acids is 1. The lowest BCUT2D eigenvalue weighted by Crippen LogP contribution is -2.47. The van der Waals surface area contributed by atoms with Gasteiger partial charge < -0.3 is 14.6 Å². The number of carboxylic acids is 1. The molecule has 1 aliphatic carbocycles. The van der Waals surface area contributed by atoms with E-state index < -0.39 is 24.0 Å². The zero-order chi connectivity index (χ0) is 21.3. The van der Waals surface area contributed by atoms with Crippen molar-refractivity contribution in [3.05, 3.63) is 51.9 Å².